The zero-order chi connectivity index (χ0) is 25.6. The van der Waals surface area contributed by atoms with E-state index >= 15 is 0 Å². The number of carboxylic acid groups (broad SMARTS) is 1. The van der Waals surface area contributed by atoms with E-state index in [1.54, 1.807) is 12.3 Å². The van der Waals surface area contributed by atoms with E-state index in [1.807, 2.05) is 25.7 Å². The number of nitrogens with zero attached hydrogens (tertiary/aromatic N) is 2. The third-order valence-corrected chi connectivity index (χ3v) is 6.54. The minimum atomic E-state index is -1.04. The Bertz CT molecular complexity index is 954. The summed E-state index contributed by atoms with van der Waals surface area (Å²) in [6.45, 7) is 7.37. The number of pyridine rings is 1. The van der Waals surface area contributed by atoms with Gasteiger partial charge >= 0.3 is 12.1 Å². The first-order valence-corrected chi connectivity index (χ1v) is 12.5. The summed E-state index contributed by atoms with van der Waals surface area (Å²) in [6, 6.07) is 1.71. The molecule has 1 aliphatic heterocycles. The van der Waals surface area contributed by atoms with Gasteiger partial charge in [-0.15, -0.1) is 0 Å². The number of hydrogen-bond acceptors (Lipinski definition) is 6. The average Bonchev–Trinajstić information content (AvgIpc) is 3.25. The van der Waals surface area contributed by atoms with Crippen molar-refractivity contribution in [2.24, 2.45) is 11.8 Å². The summed E-state index contributed by atoms with van der Waals surface area (Å²) >= 11 is 6.31. The minimum Gasteiger partial charge on any atom is -0.478 e. The van der Waals surface area contributed by atoms with E-state index in [0.29, 0.717) is 42.0 Å². The number of halogens is 1. The van der Waals surface area contributed by atoms with Crippen molar-refractivity contribution in [1.29, 1.82) is 0 Å². The SMILES string of the molecule is CC(C)(C)OC(=O)NC[C@H]1CC[C@H](C(=O)N2CC[C@@H](Nc3ncc(C=CC(=O)O)cc3Cl)C2)CC1. The molecule has 1 aromatic rings. The van der Waals surface area contributed by atoms with Crippen molar-refractivity contribution in [3.8, 4) is 0 Å². The molecule has 35 heavy (non-hydrogen) atoms. The second-order valence-corrected chi connectivity index (χ2v) is 10.7. The van der Waals surface area contributed by atoms with Crippen LogP contribution in [0.1, 0.15) is 58.4 Å². The number of nitrogens with one attached hydrogen (secondary N) is 2. The Hall–Kier alpha value is -2.81. The number of carbonyl (C=O) groups is 3. The Balaban J connectivity index is 1.42. The Morgan fingerprint density at radius 2 is 1.94 bits per heavy atom. The van der Waals surface area contributed by atoms with Crippen molar-refractivity contribution in [2.75, 3.05) is 25.0 Å². The van der Waals surface area contributed by atoms with Gasteiger partial charge in [0.25, 0.3) is 0 Å². The van der Waals surface area contributed by atoms with Crippen LogP contribution in [-0.4, -0.2) is 64.2 Å². The summed E-state index contributed by atoms with van der Waals surface area (Å²) in [6.07, 6.45) is 7.90. The number of amides is 2. The molecule has 0 aromatic carbocycles. The molecule has 3 rings (SSSR count). The number of carboxylic acids is 1. The first-order valence-electron chi connectivity index (χ1n) is 12.1. The van der Waals surface area contributed by atoms with Crippen LogP contribution in [0.5, 0.6) is 0 Å². The molecule has 2 aliphatic rings. The van der Waals surface area contributed by atoms with Gasteiger partial charge in [-0.3, -0.25) is 4.79 Å². The fourth-order valence-electron chi connectivity index (χ4n) is 4.50. The van der Waals surface area contributed by atoms with Crippen molar-refractivity contribution in [1.82, 2.24) is 15.2 Å². The Morgan fingerprint density at radius 3 is 2.57 bits per heavy atom. The molecule has 1 saturated heterocycles. The van der Waals surface area contributed by atoms with Crippen LogP contribution in [0.3, 0.4) is 0 Å². The molecule has 1 aliphatic carbocycles. The number of aliphatic carboxylic acids is 1. The summed E-state index contributed by atoms with van der Waals surface area (Å²) in [4.78, 5) is 41.8. The average molecular weight is 507 g/mol. The summed E-state index contributed by atoms with van der Waals surface area (Å²) in [5.74, 6) is 0.0668. The van der Waals surface area contributed by atoms with E-state index < -0.39 is 17.7 Å². The molecule has 2 heterocycles. The first kappa shape index (κ1) is 26.8. The van der Waals surface area contributed by atoms with Crippen LogP contribution < -0.4 is 10.6 Å². The Kier molecular flexibility index (Phi) is 8.99. The lowest BCUT2D eigenvalue weighted by Gasteiger charge is -2.31. The molecule has 0 radical (unpaired) electrons. The van der Waals surface area contributed by atoms with Gasteiger partial charge in [0.05, 0.1) is 5.02 Å². The number of likely N-dealkylation sites (tertiary alicyclic amines) is 1. The highest BCUT2D eigenvalue weighted by molar-refractivity contribution is 6.33. The van der Waals surface area contributed by atoms with Gasteiger partial charge in [-0.1, -0.05) is 11.6 Å². The Morgan fingerprint density at radius 1 is 1.23 bits per heavy atom. The van der Waals surface area contributed by atoms with Gasteiger partial charge in [0.2, 0.25) is 5.91 Å². The predicted molar refractivity (Wildman–Crippen MR) is 134 cm³/mol. The monoisotopic (exact) mass is 506 g/mol. The molecule has 1 atom stereocenters. The number of carbonyl (C=O) groups excluding carboxylic acids is 2. The minimum absolute atomic E-state index is 0.0218. The van der Waals surface area contributed by atoms with E-state index in [1.165, 1.54) is 6.08 Å². The molecule has 0 bridgehead atoms. The second kappa shape index (κ2) is 11.7. The fraction of sp³-hybridized carbons (Fsp3) is 0.600. The van der Waals surface area contributed by atoms with Crippen molar-refractivity contribution in [2.45, 2.75) is 64.5 Å². The summed E-state index contributed by atoms with van der Waals surface area (Å²) in [5.41, 5.74) is 0.0869. The lowest BCUT2D eigenvalue weighted by molar-refractivity contribution is -0.135. The summed E-state index contributed by atoms with van der Waals surface area (Å²) in [5, 5.41) is 15.3. The molecule has 3 N–H and O–H groups in total. The van der Waals surface area contributed by atoms with Gasteiger partial charge in [0.15, 0.2) is 0 Å². The highest BCUT2D eigenvalue weighted by atomic mass is 35.5. The molecule has 10 heteroatoms. The van der Waals surface area contributed by atoms with Gasteiger partial charge in [-0.2, -0.15) is 0 Å². The lowest BCUT2D eigenvalue weighted by Crippen LogP contribution is -2.39. The zero-order valence-electron chi connectivity index (χ0n) is 20.6. The molecule has 0 spiro atoms. The van der Waals surface area contributed by atoms with Crippen LogP contribution in [0.15, 0.2) is 18.3 Å². The van der Waals surface area contributed by atoms with Crippen LogP contribution in [0, 0.1) is 11.8 Å². The maximum Gasteiger partial charge on any atom is 0.407 e. The smallest absolute Gasteiger partial charge is 0.407 e. The number of anilines is 1. The highest BCUT2D eigenvalue weighted by Crippen LogP contribution is 2.31. The molecule has 0 unspecified atom stereocenters. The van der Waals surface area contributed by atoms with Gasteiger partial charge in [0.1, 0.15) is 11.4 Å². The van der Waals surface area contributed by atoms with E-state index in [2.05, 4.69) is 15.6 Å². The van der Waals surface area contributed by atoms with Gasteiger partial charge < -0.3 is 25.4 Å². The maximum absolute atomic E-state index is 13.1. The van der Waals surface area contributed by atoms with E-state index in [9.17, 15) is 14.4 Å². The summed E-state index contributed by atoms with van der Waals surface area (Å²) in [7, 11) is 0. The molecule has 1 aromatic heterocycles. The van der Waals surface area contributed by atoms with E-state index in [0.717, 1.165) is 38.2 Å². The van der Waals surface area contributed by atoms with Crippen LogP contribution in [0.25, 0.3) is 6.08 Å². The van der Waals surface area contributed by atoms with Gasteiger partial charge in [-0.25, -0.2) is 14.6 Å². The third-order valence-electron chi connectivity index (χ3n) is 6.25. The normalized spacial score (nSPS) is 22.7. The number of ether oxygens (including phenoxy) is 1. The fourth-order valence-corrected chi connectivity index (χ4v) is 4.73. The maximum atomic E-state index is 13.1. The molecule has 9 nitrogen and oxygen atoms in total. The number of alkyl carbamates (subject to hydrolysis) is 1. The third kappa shape index (κ3) is 8.42. The van der Waals surface area contributed by atoms with Gasteiger partial charge in [-0.05, 0) is 76.5 Å². The zero-order valence-corrected chi connectivity index (χ0v) is 21.3. The second-order valence-electron chi connectivity index (χ2n) is 10.3. The van der Waals surface area contributed by atoms with Crippen LogP contribution in [0.2, 0.25) is 5.02 Å². The van der Waals surface area contributed by atoms with Crippen molar-refractivity contribution < 1.29 is 24.2 Å². The van der Waals surface area contributed by atoms with Crippen molar-refractivity contribution >= 4 is 41.5 Å². The summed E-state index contributed by atoms with van der Waals surface area (Å²) < 4.78 is 5.29. The van der Waals surface area contributed by atoms with Crippen molar-refractivity contribution in [3.05, 3.63) is 28.9 Å². The molecule has 2 fully saturated rings. The van der Waals surface area contributed by atoms with E-state index in [4.69, 9.17) is 21.4 Å². The Labute approximate surface area is 211 Å². The highest BCUT2D eigenvalue weighted by Gasteiger charge is 2.33. The van der Waals surface area contributed by atoms with E-state index in [-0.39, 0.29) is 17.9 Å². The molecular weight excluding hydrogens is 472 g/mol. The molecule has 192 valence electrons. The lowest BCUT2D eigenvalue weighted by atomic mass is 9.81. The van der Waals surface area contributed by atoms with Crippen LogP contribution in [-0.2, 0) is 14.3 Å². The number of hydrogen-bond donors (Lipinski definition) is 3. The van der Waals surface area contributed by atoms with Crippen molar-refractivity contribution in [3.63, 3.8) is 0 Å². The molecular formula is C25H35ClN4O5. The van der Waals surface area contributed by atoms with Crippen LogP contribution in [0.4, 0.5) is 10.6 Å². The predicted octanol–water partition coefficient (Wildman–Crippen LogP) is 4.18. The first-order chi connectivity index (χ1) is 16.5. The topological polar surface area (TPSA) is 121 Å². The van der Waals surface area contributed by atoms with Gasteiger partial charge in [0, 0.05) is 43.9 Å². The largest absolute Gasteiger partial charge is 0.478 e. The van der Waals surface area contributed by atoms with Crippen LogP contribution >= 0.6 is 11.6 Å². The number of aromatic nitrogens is 1. The number of rotatable bonds is 7. The molecule has 2 amide bonds. The molecule has 1 saturated carbocycles. The quantitative estimate of drug-likeness (QED) is 0.474. The standard InChI is InChI=1S/C25H35ClN4O5/c1-25(2,3)35-24(34)28-13-16-4-7-18(8-5-16)23(33)30-11-10-19(15-30)29-22-20(26)12-17(14-27-22)6-9-21(31)32/h6,9,12,14,16,18-19H,4-5,7-8,10-11,13,15H2,1-3H3,(H,27,29)(H,28,34)(H,31,32)/t16-,18-,19-/m1/s1.